The first-order valence-electron chi connectivity index (χ1n) is 9.86. The second kappa shape index (κ2) is 12.6. The van der Waals surface area contributed by atoms with E-state index in [-0.39, 0.29) is 36.1 Å². The highest BCUT2D eigenvalue weighted by Gasteiger charge is 2.24. The lowest BCUT2D eigenvalue weighted by atomic mass is 10.0. The first-order chi connectivity index (χ1) is 12.5. The van der Waals surface area contributed by atoms with Crippen LogP contribution in [0.5, 0.6) is 0 Å². The Hall–Kier alpha value is -0.810. The Labute approximate surface area is 180 Å². The topological polar surface area (TPSA) is 86.4 Å². The third-order valence-corrected chi connectivity index (χ3v) is 5.36. The predicted octanol–water partition coefficient (Wildman–Crippen LogP) is 1.16. The number of piperidine rings is 2. The molecule has 0 radical (unpaired) electrons. The summed E-state index contributed by atoms with van der Waals surface area (Å²) in [6.07, 6.45) is 3.97. The molecule has 2 aliphatic rings. The number of amides is 1. The zero-order valence-corrected chi connectivity index (χ0v) is 19.4. The summed E-state index contributed by atoms with van der Waals surface area (Å²) in [5.74, 6) is 0.516. The van der Waals surface area contributed by atoms with Crippen LogP contribution in [0, 0.1) is 0 Å². The van der Waals surface area contributed by atoms with Crippen LogP contribution in [0.1, 0.15) is 32.6 Å². The zero-order valence-electron chi connectivity index (χ0n) is 17.0. The molecule has 2 aliphatic heterocycles. The first-order valence-corrected chi connectivity index (χ1v) is 9.86. The molecule has 3 N–H and O–H groups in total. The summed E-state index contributed by atoms with van der Waals surface area (Å²) in [6.45, 7) is 7.61. The fourth-order valence-electron chi connectivity index (χ4n) is 3.65. The summed E-state index contributed by atoms with van der Waals surface area (Å²) in [6, 6.07) is 0.988. The van der Waals surface area contributed by atoms with E-state index in [1.807, 2.05) is 6.92 Å². The van der Waals surface area contributed by atoms with Gasteiger partial charge in [-0.05, 0) is 59.8 Å². The molecule has 27 heavy (non-hydrogen) atoms. The van der Waals surface area contributed by atoms with Gasteiger partial charge in [-0.1, -0.05) is 0 Å². The number of halogens is 1. The monoisotopic (exact) mass is 496 g/mol. The molecule has 0 aliphatic carbocycles. The summed E-state index contributed by atoms with van der Waals surface area (Å²) in [4.78, 5) is 22.7. The molecule has 2 saturated heterocycles. The summed E-state index contributed by atoms with van der Waals surface area (Å²) in [7, 11) is 4.32. The summed E-state index contributed by atoms with van der Waals surface area (Å²) >= 11 is 0. The molecule has 0 atom stereocenters. The fourth-order valence-corrected chi connectivity index (χ4v) is 3.65. The number of nitrogens with two attached hydrogens (primary N) is 1. The average molecular weight is 496 g/mol. The number of nitrogens with one attached hydrogen (secondary N) is 1. The minimum atomic E-state index is -0.217. The van der Waals surface area contributed by atoms with Crippen molar-refractivity contribution in [2.75, 3.05) is 60.0 Å². The fraction of sp³-hybridized carbons (Fsp3) is 0.889. The summed E-state index contributed by atoms with van der Waals surface area (Å²) in [5.41, 5.74) is 6.03. The van der Waals surface area contributed by atoms with Gasteiger partial charge in [0.25, 0.3) is 0 Å². The molecular formula is C18H37IN6O2. The van der Waals surface area contributed by atoms with Crippen LogP contribution in [-0.4, -0.2) is 98.8 Å². The van der Waals surface area contributed by atoms with E-state index in [0.717, 1.165) is 39.0 Å². The number of aliphatic imine (C=N–C) groups is 1. The molecule has 0 saturated carbocycles. The minimum absolute atomic E-state index is 0. The van der Waals surface area contributed by atoms with Crippen LogP contribution in [0.3, 0.4) is 0 Å². The van der Waals surface area contributed by atoms with E-state index < -0.39 is 0 Å². The minimum Gasteiger partial charge on any atom is -0.450 e. The van der Waals surface area contributed by atoms with E-state index in [1.54, 1.807) is 4.90 Å². The standard InChI is InChI=1S/C18H36N6O2.HI/c1-4-26-18(25)24-12-5-15(6-13-24)21-17(19)20-9-14-23-10-7-16(8-11-23)22(2)3;/h15-16H,4-14H2,1-3H3,(H3,19,20,21);1H. The van der Waals surface area contributed by atoms with E-state index in [0.29, 0.717) is 31.7 Å². The summed E-state index contributed by atoms with van der Waals surface area (Å²) < 4.78 is 5.04. The highest BCUT2D eigenvalue weighted by atomic mass is 127. The Bertz CT molecular complexity index is 461. The average Bonchev–Trinajstić information content (AvgIpc) is 2.63. The van der Waals surface area contributed by atoms with Gasteiger partial charge >= 0.3 is 6.09 Å². The molecule has 2 fully saturated rings. The maximum absolute atomic E-state index is 11.7. The van der Waals surface area contributed by atoms with Gasteiger partial charge in [0.1, 0.15) is 0 Å². The number of hydrogen-bond acceptors (Lipinski definition) is 5. The van der Waals surface area contributed by atoms with Crippen molar-refractivity contribution in [2.24, 2.45) is 10.7 Å². The predicted molar refractivity (Wildman–Crippen MR) is 120 cm³/mol. The van der Waals surface area contributed by atoms with E-state index in [9.17, 15) is 4.79 Å². The van der Waals surface area contributed by atoms with Gasteiger partial charge in [-0.2, -0.15) is 0 Å². The number of rotatable bonds is 6. The number of hydrogen-bond donors (Lipinski definition) is 2. The molecule has 0 unspecified atom stereocenters. The highest BCUT2D eigenvalue weighted by Crippen LogP contribution is 2.14. The lowest BCUT2D eigenvalue weighted by Gasteiger charge is -2.34. The third kappa shape index (κ3) is 8.39. The van der Waals surface area contributed by atoms with Crippen molar-refractivity contribution >= 4 is 36.0 Å². The van der Waals surface area contributed by atoms with Crippen LogP contribution in [-0.2, 0) is 4.74 Å². The van der Waals surface area contributed by atoms with Gasteiger partial charge < -0.3 is 30.5 Å². The van der Waals surface area contributed by atoms with Gasteiger partial charge in [-0.15, -0.1) is 24.0 Å². The summed E-state index contributed by atoms with van der Waals surface area (Å²) in [5, 5.41) is 3.29. The van der Waals surface area contributed by atoms with Crippen molar-refractivity contribution in [3.63, 3.8) is 0 Å². The van der Waals surface area contributed by atoms with Gasteiger partial charge in [-0.3, -0.25) is 4.99 Å². The quantitative estimate of drug-likeness (QED) is 0.326. The zero-order chi connectivity index (χ0) is 18.9. The normalized spacial score (nSPS) is 20.4. The smallest absolute Gasteiger partial charge is 0.409 e. The molecule has 0 aromatic carbocycles. The van der Waals surface area contributed by atoms with E-state index >= 15 is 0 Å². The molecule has 158 valence electrons. The maximum atomic E-state index is 11.7. The van der Waals surface area contributed by atoms with Crippen molar-refractivity contribution in [3.05, 3.63) is 0 Å². The molecule has 1 amide bonds. The third-order valence-electron chi connectivity index (χ3n) is 5.36. The van der Waals surface area contributed by atoms with Crippen LogP contribution in [0.15, 0.2) is 4.99 Å². The van der Waals surface area contributed by atoms with Crippen LogP contribution >= 0.6 is 24.0 Å². The van der Waals surface area contributed by atoms with E-state index in [2.05, 4.69) is 34.2 Å². The molecular weight excluding hydrogens is 459 g/mol. The molecule has 2 rings (SSSR count). The molecule has 2 heterocycles. The second-order valence-corrected chi connectivity index (χ2v) is 7.41. The molecule has 0 bridgehead atoms. The van der Waals surface area contributed by atoms with Gasteiger partial charge in [-0.25, -0.2) is 4.79 Å². The lowest BCUT2D eigenvalue weighted by Crippen LogP contribution is -2.48. The van der Waals surface area contributed by atoms with Gasteiger partial charge in [0.2, 0.25) is 0 Å². The van der Waals surface area contributed by atoms with Crippen LogP contribution in [0.2, 0.25) is 0 Å². The Morgan fingerprint density at radius 1 is 1.19 bits per heavy atom. The van der Waals surface area contributed by atoms with Crippen molar-refractivity contribution in [1.29, 1.82) is 0 Å². The number of carbonyl (C=O) groups excluding carboxylic acids is 1. The van der Waals surface area contributed by atoms with Crippen LogP contribution in [0.25, 0.3) is 0 Å². The van der Waals surface area contributed by atoms with Gasteiger partial charge in [0.05, 0.1) is 13.2 Å². The van der Waals surface area contributed by atoms with E-state index in [4.69, 9.17) is 10.5 Å². The second-order valence-electron chi connectivity index (χ2n) is 7.41. The van der Waals surface area contributed by atoms with E-state index in [1.165, 1.54) is 12.8 Å². The highest BCUT2D eigenvalue weighted by molar-refractivity contribution is 14.0. The van der Waals surface area contributed by atoms with Crippen molar-refractivity contribution < 1.29 is 9.53 Å². The molecule has 9 heteroatoms. The molecule has 0 aromatic rings. The Balaban J connectivity index is 0.00000364. The van der Waals surface area contributed by atoms with Crippen molar-refractivity contribution in [3.8, 4) is 0 Å². The van der Waals surface area contributed by atoms with Crippen molar-refractivity contribution in [2.45, 2.75) is 44.7 Å². The SMILES string of the molecule is CCOC(=O)N1CCC(NC(N)=NCCN2CCC(N(C)C)CC2)CC1.I. The number of carbonyl (C=O) groups is 1. The number of guanidine groups is 1. The Kier molecular flexibility index (Phi) is 11.3. The van der Waals surface area contributed by atoms with Crippen molar-refractivity contribution in [1.82, 2.24) is 20.0 Å². The molecule has 8 nitrogen and oxygen atoms in total. The number of ether oxygens (including phenoxy) is 1. The lowest BCUT2D eigenvalue weighted by molar-refractivity contribution is 0.0963. The van der Waals surface area contributed by atoms with Gasteiger partial charge in [0.15, 0.2) is 5.96 Å². The Morgan fingerprint density at radius 2 is 1.81 bits per heavy atom. The molecule has 0 aromatic heterocycles. The van der Waals surface area contributed by atoms with Crippen LogP contribution in [0.4, 0.5) is 4.79 Å². The molecule has 0 spiro atoms. The Morgan fingerprint density at radius 3 is 2.37 bits per heavy atom. The number of likely N-dealkylation sites (tertiary alicyclic amines) is 2. The largest absolute Gasteiger partial charge is 0.450 e. The maximum Gasteiger partial charge on any atom is 0.409 e. The van der Waals surface area contributed by atoms with Gasteiger partial charge in [0, 0.05) is 31.7 Å². The first kappa shape index (κ1) is 24.2. The number of nitrogens with zero attached hydrogens (tertiary/aromatic N) is 4. The van der Waals surface area contributed by atoms with Crippen LogP contribution < -0.4 is 11.1 Å².